The summed E-state index contributed by atoms with van der Waals surface area (Å²) in [5, 5.41) is 11.3. The van der Waals surface area contributed by atoms with Crippen molar-refractivity contribution >= 4 is 35.6 Å². The summed E-state index contributed by atoms with van der Waals surface area (Å²) < 4.78 is 5.23. The van der Waals surface area contributed by atoms with E-state index in [1.807, 2.05) is 73.6 Å². The second-order valence-corrected chi connectivity index (χ2v) is 7.20. The number of thioether (sulfide) groups is 1. The molecule has 0 unspecified atom stereocenters. The summed E-state index contributed by atoms with van der Waals surface area (Å²) in [5.74, 6) is 0.203. The number of H-pyrrole nitrogens is 1. The second-order valence-electron chi connectivity index (χ2n) is 6.26. The van der Waals surface area contributed by atoms with Crippen LogP contribution in [0.25, 0.3) is 0 Å². The molecule has 0 radical (unpaired) electrons. The Bertz CT molecular complexity index is 941. The molecule has 2 N–H and O–H groups in total. The van der Waals surface area contributed by atoms with Crippen LogP contribution in [0.1, 0.15) is 11.1 Å². The van der Waals surface area contributed by atoms with Crippen molar-refractivity contribution < 1.29 is 9.53 Å². The maximum Gasteiger partial charge on any atom is 0.316 e. The van der Waals surface area contributed by atoms with Crippen molar-refractivity contribution in [3.63, 3.8) is 0 Å². The standard InChI is InChI=1S/C20H22N6O2S/c1-26(2)17-10-8-15(9-11-17)12-21-23-19-22-20(25-24-19)29-14-18(27)28-13-16-6-4-3-5-7-16/h3-12H,13-14H2,1-2H3,(H2,22,23,24,25)/b21-12-. The summed E-state index contributed by atoms with van der Waals surface area (Å²) in [6.07, 6.45) is 1.69. The predicted molar refractivity (Wildman–Crippen MR) is 115 cm³/mol. The highest BCUT2D eigenvalue weighted by Gasteiger charge is 2.08. The second kappa shape index (κ2) is 10.3. The van der Waals surface area contributed by atoms with Gasteiger partial charge in [-0.05, 0) is 23.3 Å². The molecule has 0 spiro atoms. The largest absolute Gasteiger partial charge is 0.460 e. The van der Waals surface area contributed by atoms with Gasteiger partial charge in [-0.2, -0.15) is 10.1 Å². The predicted octanol–water partition coefficient (Wildman–Crippen LogP) is 3.15. The number of anilines is 2. The molecule has 29 heavy (non-hydrogen) atoms. The molecule has 0 amide bonds. The lowest BCUT2D eigenvalue weighted by molar-refractivity contribution is -0.141. The van der Waals surface area contributed by atoms with Crippen LogP contribution >= 0.6 is 11.8 Å². The van der Waals surface area contributed by atoms with E-state index in [-0.39, 0.29) is 18.3 Å². The molecule has 150 valence electrons. The molecule has 0 saturated carbocycles. The zero-order valence-corrected chi connectivity index (χ0v) is 17.0. The number of hydrogen-bond donors (Lipinski definition) is 2. The van der Waals surface area contributed by atoms with Crippen LogP contribution in [0, 0.1) is 0 Å². The fraction of sp³-hybridized carbons (Fsp3) is 0.200. The highest BCUT2D eigenvalue weighted by atomic mass is 32.2. The molecule has 2 aromatic carbocycles. The topological polar surface area (TPSA) is 95.5 Å². The molecule has 0 aliphatic heterocycles. The number of carbonyl (C=O) groups is 1. The molecule has 1 aromatic heterocycles. The number of nitrogens with zero attached hydrogens (tertiary/aromatic N) is 4. The van der Waals surface area contributed by atoms with Gasteiger partial charge >= 0.3 is 5.97 Å². The summed E-state index contributed by atoms with van der Waals surface area (Å²) in [6, 6.07) is 17.5. The molecule has 0 saturated heterocycles. The summed E-state index contributed by atoms with van der Waals surface area (Å²) in [4.78, 5) is 18.1. The number of esters is 1. The fourth-order valence-electron chi connectivity index (χ4n) is 2.29. The van der Waals surface area contributed by atoms with Gasteiger partial charge in [0.05, 0.1) is 12.0 Å². The molecule has 8 nitrogen and oxygen atoms in total. The van der Waals surface area contributed by atoms with Gasteiger partial charge in [-0.1, -0.05) is 54.2 Å². The lowest BCUT2D eigenvalue weighted by Crippen LogP contribution is -2.08. The number of benzene rings is 2. The van der Waals surface area contributed by atoms with Crippen molar-refractivity contribution in [2.24, 2.45) is 5.10 Å². The highest BCUT2D eigenvalue weighted by molar-refractivity contribution is 7.99. The summed E-state index contributed by atoms with van der Waals surface area (Å²) >= 11 is 1.19. The number of ether oxygens (including phenoxy) is 1. The number of nitrogens with one attached hydrogen (secondary N) is 2. The lowest BCUT2D eigenvalue weighted by Gasteiger charge is -2.11. The molecule has 0 atom stereocenters. The van der Waals surface area contributed by atoms with Crippen molar-refractivity contribution in [3.05, 3.63) is 65.7 Å². The van der Waals surface area contributed by atoms with Gasteiger partial charge in [-0.15, -0.1) is 5.10 Å². The lowest BCUT2D eigenvalue weighted by atomic mass is 10.2. The van der Waals surface area contributed by atoms with E-state index in [2.05, 4.69) is 25.7 Å². The first-order chi connectivity index (χ1) is 14.1. The van der Waals surface area contributed by atoms with E-state index >= 15 is 0 Å². The first-order valence-corrected chi connectivity index (χ1v) is 9.90. The molecule has 0 aliphatic carbocycles. The van der Waals surface area contributed by atoms with Crippen molar-refractivity contribution in [2.75, 3.05) is 30.2 Å². The Labute approximate surface area is 173 Å². The number of rotatable bonds is 9. The van der Waals surface area contributed by atoms with E-state index in [4.69, 9.17) is 4.74 Å². The van der Waals surface area contributed by atoms with Gasteiger partial charge in [0.1, 0.15) is 6.61 Å². The third-order valence-electron chi connectivity index (χ3n) is 3.82. The van der Waals surface area contributed by atoms with Crippen LogP contribution in [-0.4, -0.2) is 47.2 Å². The Morgan fingerprint density at radius 1 is 1.21 bits per heavy atom. The van der Waals surface area contributed by atoms with Gasteiger partial charge in [0.15, 0.2) is 0 Å². The van der Waals surface area contributed by atoms with E-state index in [0.29, 0.717) is 11.1 Å². The van der Waals surface area contributed by atoms with Crippen LogP contribution in [0.5, 0.6) is 0 Å². The fourth-order valence-corrected chi connectivity index (χ4v) is 2.89. The van der Waals surface area contributed by atoms with E-state index in [9.17, 15) is 4.79 Å². The third-order valence-corrected chi connectivity index (χ3v) is 4.64. The summed E-state index contributed by atoms with van der Waals surface area (Å²) in [7, 11) is 3.99. The Kier molecular flexibility index (Phi) is 7.23. The van der Waals surface area contributed by atoms with Gasteiger partial charge in [0.2, 0.25) is 11.1 Å². The average Bonchev–Trinajstić information content (AvgIpc) is 3.19. The maximum atomic E-state index is 11.8. The van der Waals surface area contributed by atoms with E-state index in [0.717, 1.165) is 16.8 Å². The molecule has 0 aliphatic rings. The molecule has 0 fully saturated rings. The summed E-state index contributed by atoms with van der Waals surface area (Å²) in [6.45, 7) is 0.255. The molecule has 3 aromatic rings. The number of aromatic nitrogens is 3. The minimum Gasteiger partial charge on any atom is -0.460 e. The van der Waals surface area contributed by atoms with Gasteiger partial charge in [-0.3, -0.25) is 4.79 Å². The number of carbonyl (C=O) groups excluding carboxylic acids is 1. The maximum absolute atomic E-state index is 11.8. The van der Waals surface area contributed by atoms with E-state index in [1.165, 1.54) is 11.8 Å². The normalized spacial score (nSPS) is 10.8. The molecule has 1 heterocycles. The van der Waals surface area contributed by atoms with Crippen LogP contribution in [0.3, 0.4) is 0 Å². The van der Waals surface area contributed by atoms with Crippen molar-refractivity contribution in [1.82, 2.24) is 15.2 Å². The summed E-state index contributed by atoms with van der Waals surface area (Å²) in [5.41, 5.74) is 5.81. The number of aromatic amines is 1. The highest BCUT2D eigenvalue weighted by Crippen LogP contribution is 2.15. The van der Waals surface area contributed by atoms with Crippen LogP contribution in [-0.2, 0) is 16.1 Å². The van der Waals surface area contributed by atoms with Crippen LogP contribution < -0.4 is 10.3 Å². The molecular formula is C20H22N6O2S. The first-order valence-electron chi connectivity index (χ1n) is 8.91. The Morgan fingerprint density at radius 3 is 2.69 bits per heavy atom. The molecular weight excluding hydrogens is 388 g/mol. The monoisotopic (exact) mass is 410 g/mol. The minimum atomic E-state index is -0.322. The van der Waals surface area contributed by atoms with Crippen molar-refractivity contribution in [3.8, 4) is 0 Å². The SMILES string of the molecule is CN(C)c1ccc(/C=N\Nc2nc(SCC(=O)OCc3ccccc3)n[nH]2)cc1. The Morgan fingerprint density at radius 2 is 1.97 bits per heavy atom. The molecule has 0 bridgehead atoms. The first kappa shape index (κ1) is 20.4. The van der Waals surface area contributed by atoms with Gasteiger partial charge in [0, 0.05) is 19.8 Å². The van der Waals surface area contributed by atoms with Gasteiger partial charge in [0.25, 0.3) is 0 Å². The smallest absolute Gasteiger partial charge is 0.316 e. The zero-order chi connectivity index (χ0) is 20.5. The molecule has 9 heteroatoms. The van der Waals surface area contributed by atoms with Crippen LogP contribution in [0.15, 0.2) is 64.9 Å². The van der Waals surface area contributed by atoms with Crippen molar-refractivity contribution in [1.29, 1.82) is 0 Å². The van der Waals surface area contributed by atoms with Crippen LogP contribution in [0.2, 0.25) is 0 Å². The van der Waals surface area contributed by atoms with Crippen molar-refractivity contribution in [2.45, 2.75) is 11.8 Å². The van der Waals surface area contributed by atoms with Gasteiger partial charge in [-0.25, -0.2) is 10.5 Å². The Balaban J connectivity index is 1.41. The number of hydrazone groups is 1. The average molecular weight is 411 g/mol. The van der Waals surface area contributed by atoms with E-state index < -0.39 is 0 Å². The van der Waals surface area contributed by atoms with Crippen LogP contribution in [0.4, 0.5) is 11.6 Å². The minimum absolute atomic E-state index is 0.131. The zero-order valence-electron chi connectivity index (χ0n) is 16.2. The number of hydrogen-bond acceptors (Lipinski definition) is 8. The quantitative estimate of drug-likeness (QED) is 0.242. The van der Waals surface area contributed by atoms with E-state index in [1.54, 1.807) is 6.21 Å². The Hall–Kier alpha value is -3.33. The van der Waals surface area contributed by atoms with Gasteiger partial charge < -0.3 is 9.64 Å². The molecule has 3 rings (SSSR count). The third kappa shape index (κ3) is 6.65.